The molecule has 0 radical (unpaired) electrons. The topological polar surface area (TPSA) is 128 Å². The highest BCUT2D eigenvalue weighted by Crippen LogP contribution is 2.30. The molecule has 0 aliphatic rings. The molecule has 0 fully saturated rings. The SMILES string of the molecule is O=C(Nc1nc2ccc([N+](=O)[O-])cc2s1)c1cc(Cl)ccc1[N+](=O)[O-]. The predicted octanol–water partition coefficient (Wildman–Crippen LogP) is 4.02. The van der Waals surface area contributed by atoms with Crippen LogP contribution in [0.2, 0.25) is 5.02 Å². The number of anilines is 1. The Bertz CT molecular complexity index is 1040. The molecule has 0 spiro atoms. The second kappa shape index (κ2) is 6.42. The van der Waals surface area contributed by atoms with E-state index in [0.29, 0.717) is 10.2 Å². The van der Waals surface area contributed by atoms with Crippen molar-refractivity contribution in [3.63, 3.8) is 0 Å². The summed E-state index contributed by atoms with van der Waals surface area (Å²) in [6.45, 7) is 0. The van der Waals surface area contributed by atoms with E-state index in [1.165, 1.54) is 30.3 Å². The molecule has 1 N–H and O–H groups in total. The van der Waals surface area contributed by atoms with Crippen LogP contribution < -0.4 is 5.32 Å². The van der Waals surface area contributed by atoms with Crippen LogP contribution in [0.15, 0.2) is 36.4 Å². The van der Waals surface area contributed by atoms with Crippen molar-refractivity contribution in [2.45, 2.75) is 0 Å². The number of thiazole rings is 1. The molecule has 3 rings (SSSR count). The van der Waals surface area contributed by atoms with Crippen LogP contribution in [-0.2, 0) is 0 Å². The summed E-state index contributed by atoms with van der Waals surface area (Å²) >= 11 is 6.82. The van der Waals surface area contributed by atoms with E-state index in [9.17, 15) is 25.0 Å². The van der Waals surface area contributed by atoms with Crippen molar-refractivity contribution < 1.29 is 14.6 Å². The number of rotatable bonds is 4. The van der Waals surface area contributed by atoms with E-state index in [0.717, 1.165) is 17.4 Å². The second-order valence-corrected chi connectivity index (χ2v) is 6.27. The highest BCUT2D eigenvalue weighted by molar-refractivity contribution is 7.22. The van der Waals surface area contributed by atoms with Gasteiger partial charge in [0.25, 0.3) is 17.3 Å². The van der Waals surface area contributed by atoms with Gasteiger partial charge in [0, 0.05) is 23.2 Å². The van der Waals surface area contributed by atoms with Crippen molar-refractivity contribution in [2.24, 2.45) is 0 Å². The van der Waals surface area contributed by atoms with Crippen LogP contribution in [0.5, 0.6) is 0 Å². The Labute approximate surface area is 148 Å². The molecule has 0 bridgehead atoms. The minimum absolute atomic E-state index is 0.0977. The summed E-state index contributed by atoms with van der Waals surface area (Å²) in [6.07, 6.45) is 0. The lowest BCUT2D eigenvalue weighted by atomic mass is 10.1. The summed E-state index contributed by atoms with van der Waals surface area (Å²) in [7, 11) is 0. The van der Waals surface area contributed by atoms with E-state index in [2.05, 4.69) is 10.3 Å². The zero-order valence-electron chi connectivity index (χ0n) is 12.1. The van der Waals surface area contributed by atoms with E-state index in [-0.39, 0.29) is 21.4 Å². The minimum atomic E-state index is -0.747. The fourth-order valence-electron chi connectivity index (χ4n) is 2.09. The molecule has 0 atom stereocenters. The molecule has 0 aliphatic heterocycles. The fraction of sp³-hybridized carbons (Fsp3) is 0. The van der Waals surface area contributed by atoms with Gasteiger partial charge in [0.05, 0.1) is 20.1 Å². The normalized spacial score (nSPS) is 10.6. The van der Waals surface area contributed by atoms with E-state index in [1.54, 1.807) is 0 Å². The Morgan fingerprint density at radius 2 is 1.88 bits per heavy atom. The van der Waals surface area contributed by atoms with Crippen molar-refractivity contribution in [1.82, 2.24) is 4.98 Å². The fourth-order valence-corrected chi connectivity index (χ4v) is 3.16. The lowest BCUT2D eigenvalue weighted by Crippen LogP contribution is -2.13. The van der Waals surface area contributed by atoms with Crippen LogP contribution in [0.1, 0.15) is 10.4 Å². The third kappa shape index (κ3) is 3.39. The molecular weight excluding hydrogens is 372 g/mol. The van der Waals surface area contributed by atoms with Gasteiger partial charge in [-0.15, -0.1) is 0 Å². The number of nitrogens with zero attached hydrogens (tertiary/aromatic N) is 3. The van der Waals surface area contributed by atoms with Gasteiger partial charge < -0.3 is 0 Å². The number of nitrogens with one attached hydrogen (secondary N) is 1. The molecule has 0 aliphatic carbocycles. The lowest BCUT2D eigenvalue weighted by molar-refractivity contribution is -0.385. The molecule has 0 unspecified atom stereocenters. The first-order valence-corrected chi connectivity index (χ1v) is 7.85. The summed E-state index contributed by atoms with van der Waals surface area (Å²) in [5, 5.41) is 24.6. The number of fused-ring (bicyclic) bond motifs is 1. The first kappa shape index (κ1) is 16.7. The third-order valence-corrected chi connectivity index (χ3v) is 4.37. The Balaban J connectivity index is 1.93. The van der Waals surface area contributed by atoms with Gasteiger partial charge in [-0.25, -0.2) is 4.98 Å². The minimum Gasteiger partial charge on any atom is -0.298 e. The maximum atomic E-state index is 12.3. The number of carbonyl (C=O) groups is 1. The third-order valence-electron chi connectivity index (χ3n) is 3.20. The Morgan fingerprint density at radius 1 is 1.12 bits per heavy atom. The van der Waals surface area contributed by atoms with E-state index in [1.807, 2.05) is 0 Å². The quantitative estimate of drug-likeness (QED) is 0.539. The summed E-state index contributed by atoms with van der Waals surface area (Å²) in [5.41, 5.74) is -0.229. The van der Waals surface area contributed by atoms with Crippen LogP contribution in [0.4, 0.5) is 16.5 Å². The molecule has 2 aromatic carbocycles. The average Bonchev–Trinajstić information content (AvgIpc) is 2.95. The predicted molar refractivity (Wildman–Crippen MR) is 92.3 cm³/mol. The molecule has 0 saturated heterocycles. The van der Waals surface area contributed by atoms with Gasteiger partial charge in [0.1, 0.15) is 5.56 Å². The molecule has 11 heteroatoms. The molecule has 1 amide bonds. The molecule has 1 heterocycles. The van der Waals surface area contributed by atoms with Gasteiger partial charge in [0.2, 0.25) is 0 Å². The highest BCUT2D eigenvalue weighted by Gasteiger charge is 2.21. The summed E-state index contributed by atoms with van der Waals surface area (Å²) in [5.74, 6) is -0.747. The molecular formula is C14H7ClN4O5S. The maximum Gasteiger partial charge on any atom is 0.282 e. The number of hydrogen-bond acceptors (Lipinski definition) is 7. The second-order valence-electron chi connectivity index (χ2n) is 4.80. The van der Waals surface area contributed by atoms with Crippen LogP contribution in [0, 0.1) is 20.2 Å². The van der Waals surface area contributed by atoms with Gasteiger partial charge >= 0.3 is 0 Å². The van der Waals surface area contributed by atoms with Gasteiger partial charge in [-0.1, -0.05) is 22.9 Å². The van der Waals surface area contributed by atoms with E-state index >= 15 is 0 Å². The Morgan fingerprint density at radius 3 is 2.56 bits per heavy atom. The molecule has 0 saturated carbocycles. The molecule has 25 heavy (non-hydrogen) atoms. The molecule has 1 aromatic heterocycles. The van der Waals surface area contributed by atoms with Crippen molar-refractivity contribution in [3.8, 4) is 0 Å². The van der Waals surface area contributed by atoms with Crippen molar-refractivity contribution in [3.05, 3.63) is 67.2 Å². The smallest absolute Gasteiger partial charge is 0.282 e. The number of benzene rings is 2. The first-order chi connectivity index (χ1) is 11.8. The lowest BCUT2D eigenvalue weighted by Gasteiger charge is -2.03. The highest BCUT2D eigenvalue weighted by atomic mass is 35.5. The number of amides is 1. The number of carbonyl (C=O) groups excluding carboxylic acids is 1. The van der Waals surface area contributed by atoms with Gasteiger partial charge in [-0.3, -0.25) is 30.3 Å². The Hall–Kier alpha value is -3.11. The average molecular weight is 379 g/mol. The van der Waals surface area contributed by atoms with E-state index < -0.39 is 21.4 Å². The van der Waals surface area contributed by atoms with Crippen LogP contribution in [0.3, 0.4) is 0 Å². The standard InChI is InChI=1S/C14H7ClN4O5S/c15-7-1-4-11(19(23)24)9(5-7)13(20)17-14-16-10-3-2-8(18(21)22)6-12(10)25-14/h1-6H,(H,16,17,20). The molecule has 3 aromatic rings. The number of non-ortho nitro benzene ring substituents is 1. The zero-order valence-corrected chi connectivity index (χ0v) is 13.7. The van der Waals surface area contributed by atoms with Gasteiger partial charge in [0.15, 0.2) is 5.13 Å². The number of nitro groups is 2. The van der Waals surface area contributed by atoms with Gasteiger partial charge in [-0.05, 0) is 18.2 Å². The van der Waals surface area contributed by atoms with Gasteiger partial charge in [-0.2, -0.15) is 0 Å². The Kier molecular flexibility index (Phi) is 4.30. The van der Waals surface area contributed by atoms with Crippen molar-refractivity contribution in [1.29, 1.82) is 0 Å². The maximum absolute atomic E-state index is 12.3. The van der Waals surface area contributed by atoms with Crippen LogP contribution in [0.25, 0.3) is 10.2 Å². The molecule has 126 valence electrons. The number of aromatic nitrogens is 1. The molecule has 9 nitrogen and oxygen atoms in total. The van der Waals surface area contributed by atoms with Crippen LogP contribution >= 0.6 is 22.9 Å². The zero-order chi connectivity index (χ0) is 18.1. The van der Waals surface area contributed by atoms with Crippen molar-refractivity contribution in [2.75, 3.05) is 5.32 Å². The number of hydrogen-bond donors (Lipinski definition) is 1. The summed E-state index contributed by atoms with van der Waals surface area (Å²) < 4.78 is 0.505. The summed E-state index contributed by atoms with van der Waals surface area (Å²) in [4.78, 5) is 37.1. The number of halogens is 1. The van der Waals surface area contributed by atoms with E-state index in [4.69, 9.17) is 11.6 Å². The van der Waals surface area contributed by atoms with Crippen LogP contribution in [-0.4, -0.2) is 20.7 Å². The largest absolute Gasteiger partial charge is 0.298 e. The number of nitro benzene ring substituents is 2. The van der Waals surface area contributed by atoms with Crippen molar-refractivity contribution >= 4 is 55.6 Å². The summed E-state index contributed by atoms with van der Waals surface area (Å²) in [6, 6.07) is 7.74. The monoisotopic (exact) mass is 378 g/mol. The first-order valence-electron chi connectivity index (χ1n) is 6.65.